The van der Waals surface area contributed by atoms with E-state index >= 15 is 0 Å². The fourth-order valence-electron chi connectivity index (χ4n) is 4.20. The van der Waals surface area contributed by atoms with Crippen molar-refractivity contribution in [3.8, 4) is 23.0 Å². The van der Waals surface area contributed by atoms with E-state index in [9.17, 15) is 9.18 Å². The van der Waals surface area contributed by atoms with Gasteiger partial charge in [0.25, 0.3) is 5.95 Å². The van der Waals surface area contributed by atoms with Gasteiger partial charge >= 0.3 is 0 Å². The summed E-state index contributed by atoms with van der Waals surface area (Å²) >= 11 is 0. The van der Waals surface area contributed by atoms with Gasteiger partial charge in [-0.2, -0.15) is 14.9 Å². The molecular weight excluding hydrogens is 435 g/mol. The van der Waals surface area contributed by atoms with E-state index in [1.54, 1.807) is 12.1 Å². The van der Waals surface area contributed by atoms with Gasteiger partial charge < -0.3 is 10.1 Å². The number of hydrogen-bond acceptors (Lipinski definition) is 6. The highest BCUT2D eigenvalue weighted by Crippen LogP contribution is 2.40. The molecule has 1 amide bonds. The van der Waals surface area contributed by atoms with Gasteiger partial charge in [-0.3, -0.25) is 4.79 Å². The molecule has 5 rings (SSSR count). The third-order valence-corrected chi connectivity index (χ3v) is 5.61. The zero-order valence-electron chi connectivity index (χ0n) is 19.0. The van der Waals surface area contributed by atoms with Crippen LogP contribution in [-0.4, -0.2) is 37.0 Å². The number of nitrogens with zero attached hydrogens (tertiary/aromatic N) is 5. The van der Waals surface area contributed by atoms with Crippen molar-refractivity contribution in [3.05, 3.63) is 77.4 Å². The lowest BCUT2D eigenvalue weighted by molar-refractivity contribution is -0.116. The molecule has 2 aromatic heterocycles. The van der Waals surface area contributed by atoms with Crippen molar-refractivity contribution in [1.82, 2.24) is 25.0 Å². The minimum absolute atomic E-state index is 0.0444. The van der Waals surface area contributed by atoms with Crippen LogP contribution in [0.5, 0.6) is 5.75 Å². The van der Waals surface area contributed by atoms with Gasteiger partial charge in [0.1, 0.15) is 17.4 Å². The van der Waals surface area contributed by atoms with Crippen molar-refractivity contribution >= 4 is 11.7 Å². The molecule has 1 N–H and O–H groups in total. The molecule has 4 aromatic rings. The third-order valence-electron chi connectivity index (χ3n) is 5.61. The Balaban J connectivity index is 1.57. The third kappa shape index (κ3) is 4.12. The molecule has 3 heterocycles. The molecule has 0 unspecified atom stereocenters. The number of aryl methyl sites for hydroxylation is 1. The molecule has 8 nitrogen and oxygen atoms in total. The topological polar surface area (TPSA) is 94.8 Å². The normalized spacial score (nSPS) is 15.2. The Morgan fingerprint density at radius 2 is 1.97 bits per heavy atom. The molecule has 1 aliphatic rings. The Labute approximate surface area is 195 Å². The maximum atomic E-state index is 13.3. The van der Waals surface area contributed by atoms with E-state index in [4.69, 9.17) is 4.74 Å². The number of hydrogen-bond donors (Lipinski definition) is 1. The zero-order chi connectivity index (χ0) is 23.8. The molecule has 0 radical (unpaired) electrons. The number of benzene rings is 2. The summed E-state index contributed by atoms with van der Waals surface area (Å²) < 4.78 is 20.7. The van der Waals surface area contributed by atoms with E-state index < -0.39 is 0 Å². The Kier molecular flexibility index (Phi) is 5.53. The zero-order valence-corrected chi connectivity index (χ0v) is 19.0. The molecular formula is C25H23FN6O2. The minimum atomic E-state index is -0.334. The second kappa shape index (κ2) is 8.66. The Hall–Kier alpha value is -4.14. The lowest BCUT2D eigenvalue weighted by atomic mass is 9.86. The maximum Gasteiger partial charge on any atom is 0.272 e. The fraction of sp³-hybridized carbons (Fsp3) is 0.240. The van der Waals surface area contributed by atoms with Crippen LogP contribution in [0.4, 0.5) is 10.2 Å². The molecule has 0 spiro atoms. The molecule has 0 saturated carbocycles. The van der Waals surface area contributed by atoms with Gasteiger partial charge in [0, 0.05) is 23.5 Å². The lowest BCUT2D eigenvalue weighted by Crippen LogP contribution is -2.25. The predicted molar refractivity (Wildman–Crippen MR) is 124 cm³/mol. The monoisotopic (exact) mass is 458 g/mol. The van der Waals surface area contributed by atoms with Gasteiger partial charge in [-0.05, 0) is 62.7 Å². The first kappa shape index (κ1) is 21.7. The smallest absolute Gasteiger partial charge is 0.272 e. The van der Waals surface area contributed by atoms with Crippen LogP contribution in [0.2, 0.25) is 0 Å². The lowest BCUT2D eigenvalue weighted by Gasteiger charge is -2.24. The van der Waals surface area contributed by atoms with Crippen molar-refractivity contribution in [2.45, 2.75) is 39.2 Å². The number of rotatable bonds is 5. The first-order chi connectivity index (χ1) is 16.4. The fourth-order valence-corrected chi connectivity index (χ4v) is 4.20. The number of anilines is 1. The number of aromatic nitrogens is 5. The van der Waals surface area contributed by atoms with Crippen molar-refractivity contribution in [1.29, 1.82) is 0 Å². The molecule has 9 heteroatoms. The number of fused-ring (bicyclic) bond motifs is 1. The summed E-state index contributed by atoms with van der Waals surface area (Å²) in [4.78, 5) is 17.3. The van der Waals surface area contributed by atoms with E-state index in [1.807, 2.05) is 45.0 Å². The van der Waals surface area contributed by atoms with Crippen molar-refractivity contribution in [2.75, 3.05) is 5.32 Å². The van der Waals surface area contributed by atoms with Gasteiger partial charge in [0.05, 0.1) is 23.7 Å². The highest BCUT2D eigenvalue weighted by molar-refractivity contribution is 5.95. The SMILES string of the molecule is Cc1nn(-c2nncc(-c3ccc(F)cc3)n2)c2c1[C@@H](c1cccc(OC(C)C)c1)CC(=O)N2. The number of nitrogens with one attached hydrogen (secondary N) is 1. The van der Waals surface area contributed by atoms with Gasteiger partial charge in [-0.15, -0.1) is 5.10 Å². The first-order valence-corrected chi connectivity index (χ1v) is 11.0. The van der Waals surface area contributed by atoms with Gasteiger partial charge in [-0.1, -0.05) is 12.1 Å². The molecule has 34 heavy (non-hydrogen) atoms. The standard InChI is InChI=1S/C25H23FN6O2/c1-14(2)34-19-6-4-5-17(11-19)20-12-22(33)29-24-23(20)15(3)31-32(24)25-28-21(13-27-30-25)16-7-9-18(26)10-8-16/h4-11,13-14,20H,12H2,1-3H3,(H,29,33)/t20-/m1/s1. The van der Waals surface area contributed by atoms with Crippen LogP contribution in [0.25, 0.3) is 17.2 Å². The first-order valence-electron chi connectivity index (χ1n) is 11.0. The van der Waals surface area contributed by atoms with Gasteiger partial charge in [-0.25, -0.2) is 9.37 Å². The average molecular weight is 458 g/mol. The van der Waals surface area contributed by atoms with E-state index in [0.717, 1.165) is 22.6 Å². The van der Waals surface area contributed by atoms with Crippen LogP contribution in [-0.2, 0) is 4.79 Å². The molecule has 0 saturated heterocycles. The molecule has 0 bridgehead atoms. The van der Waals surface area contributed by atoms with Crippen molar-refractivity contribution in [3.63, 3.8) is 0 Å². The summed E-state index contributed by atoms with van der Waals surface area (Å²) in [5, 5.41) is 15.8. The van der Waals surface area contributed by atoms with Gasteiger partial charge in [0.15, 0.2) is 0 Å². The van der Waals surface area contributed by atoms with Crippen LogP contribution >= 0.6 is 0 Å². The maximum absolute atomic E-state index is 13.3. The van der Waals surface area contributed by atoms with Crippen LogP contribution in [0.3, 0.4) is 0 Å². The van der Waals surface area contributed by atoms with Crippen LogP contribution in [0, 0.1) is 12.7 Å². The number of ether oxygens (including phenoxy) is 1. The summed E-state index contributed by atoms with van der Waals surface area (Å²) in [6.45, 7) is 5.84. The summed E-state index contributed by atoms with van der Waals surface area (Å²) in [5.74, 6) is 0.831. The van der Waals surface area contributed by atoms with Crippen molar-refractivity contribution < 1.29 is 13.9 Å². The highest BCUT2D eigenvalue weighted by Gasteiger charge is 2.33. The Morgan fingerprint density at radius 1 is 1.18 bits per heavy atom. The summed E-state index contributed by atoms with van der Waals surface area (Å²) in [5.41, 5.74) is 3.84. The second-order valence-electron chi connectivity index (χ2n) is 8.45. The van der Waals surface area contributed by atoms with E-state index in [2.05, 4.69) is 25.6 Å². The molecule has 2 aromatic carbocycles. The summed E-state index contributed by atoms with van der Waals surface area (Å²) in [7, 11) is 0. The number of amides is 1. The molecule has 172 valence electrons. The van der Waals surface area contributed by atoms with E-state index in [0.29, 0.717) is 23.5 Å². The quantitative estimate of drug-likeness (QED) is 0.475. The predicted octanol–water partition coefficient (Wildman–Crippen LogP) is 4.43. The molecule has 0 aliphatic carbocycles. The second-order valence-corrected chi connectivity index (χ2v) is 8.45. The average Bonchev–Trinajstić information content (AvgIpc) is 3.15. The van der Waals surface area contributed by atoms with Gasteiger partial charge in [0.2, 0.25) is 5.91 Å². The van der Waals surface area contributed by atoms with E-state index in [1.165, 1.54) is 23.0 Å². The van der Waals surface area contributed by atoms with Crippen LogP contribution in [0.15, 0.2) is 54.7 Å². The number of carbonyl (C=O) groups excluding carboxylic acids is 1. The largest absolute Gasteiger partial charge is 0.491 e. The van der Waals surface area contributed by atoms with E-state index in [-0.39, 0.29) is 29.7 Å². The Morgan fingerprint density at radius 3 is 2.74 bits per heavy atom. The summed E-state index contributed by atoms with van der Waals surface area (Å²) in [6, 6.07) is 13.8. The van der Waals surface area contributed by atoms with Crippen molar-refractivity contribution in [2.24, 2.45) is 0 Å². The van der Waals surface area contributed by atoms with Crippen LogP contribution in [0.1, 0.15) is 43.0 Å². The Bertz CT molecular complexity index is 1370. The highest BCUT2D eigenvalue weighted by atomic mass is 19.1. The minimum Gasteiger partial charge on any atom is -0.491 e. The van der Waals surface area contributed by atoms with Crippen LogP contribution < -0.4 is 10.1 Å². The molecule has 1 aliphatic heterocycles. The molecule has 1 atom stereocenters. The molecule has 0 fully saturated rings. The number of halogens is 1. The number of carbonyl (C=O) groups is 1. The summed E-state index contributed by atoms with van der Waals surface area (Å²) in [6.07, 6.45) is 1.84.